The fraction of sp³-hybridized carbons (Fsp3) is 0.400. The van der Waals surface area contributed by atoms with Gasteiger partial charge in [-0.2, -0.15) is 0 Å². The van der Waals surface area contributed by atoms with Crippen molar-refractivity contribution in [2.45, 2.75) is 31.9 Å². The number of ether oxygens (including phenoxy) is 1. The summed E-state index contributed by atoms with van der Waals surface area (Å²) in [7, 11) is 0. The highest BCUT2D eigenvalue weighted by Crippen LogP contribution is 2.25. The van der Waals surface area contributed by atoms with Crippen LogP contribution in [0.25, 0.3) is 10.9 Å². The summed E-state index contributed by atoms with van der Waals surface area (Å²) in [5.74, 6) is 0. The van der Waals surface area contributed by atoms with E-state index >= 15 is 0 Å². The number of halogens is 1. The first-order valence-corrected chi connectivity index (χ1v) is 7.01. The molecule has 0 N–H and O–H groups in total. The summed E-state index contributed by atoms with van der Waals surface area (Å²) in [5, 5.41) is 1.66. The Balaban J connectivity index is 1.88. The van der Waals surface area contributed by atoms with Crippen molar-refractivity contribution in [3.8, 4) is 0 Å². The first kappa shape index (κ1) is 12.7. The molecule has 1 aliphatic rings. The molecule has 1 fully saturated rings. The minimum atomic E-state index is 0.358. The highest BCUT2D eigenvalue weighted by molar-refractivity contribution is 6.31. The Bertz CT molecular complexity index is 599. The first-order chi connectivity index (χ1) is 9.28. The second-order valence-electron chi connectivity index (χ2n) is 4.98. The average Bonchev–Trinajstić information content (AvgIpc) is 3.03. The lowest BCUT2D eigenvalue weighted by atomic mass is 10.2. The summed E-state index contributed by atoms with van der Waals surface area (Å²) in [4.78, 5) is 11.1. The summed E-state index contributed by atoms with van der Waals surface area (Å²) in [5.41, 5.74) is 1.74. The second-order valence-corrected chi connectivity index (χ2v) is 5.42. The van der Waals surface area contributed by atoms with Gasteiger partial charge in [-0.3, -0.25) is 4.79 Å². The van der Waals surface area contributed by atoms with Crippen LogP contribution in [-0.4, -0.2) is 23.6 Å². The lowest BCUT2D eigenvalue weighted by Gasteiger charge is -2.10. The quantitative estimate of drug-likeness (QED) is 0.799. The van der Waals surface area contributed by atoms with Crippen LogP contribution in [0.3, 0.4) is 0 Å². The van der Waals surface area contributed by atoms with Gasteiger partial charge < -0.3 is 9.30 Å². The number of fused-ring (bicyclic) bond motifs is 1. The maximum atomic E-state index is 11.1. The zero-order valence-corrected chi connectivity index (χ0v) is 11.4. The smallest absolute Gasteiger partial charge is 0.152 e. The van der Waals surface area contributed by atoms with Gasteiger partial charge in [-0.05, 0) is 31.4 Å². The Morgan fingerprint density at radius 3 is 3.11 bits per heavy atom. The predicted molar refractivity (Wildman–Crippen MR) is 75.9 cm³/mol. The number of aryl methyl sites for hydroxylation is 1. The van der Waals surface area contributed by atoms with Crippen molar-refractivity contribution in [2.75, 3.05) is 6.61 Å². The maximum Gasteiger partial charge on any atom is 0.152 e. The highest BCUT2D eigenvalue weighted by Gasteiger charge is 2.16. The molecule has 100 valence electrons. The van der Waals surface area contributed by atoms with Gasteiger partial charge in [0.2, 0.25) is 0 Å². The van der Waals surface area contributed by atoms with E-state index in [1.807, 2.05) is 24.4 Å². The van der Waals surface area contributed by atoms with Gasteiger partial charge in [-0.15, -0.1) is 0 Å². The van der Waals surface area contributed by atoms with Crippen molar-refractivity contribution in [3.63, 3.8) is 0 Å². The van der Waals surface area contributed by atoms with Crippen molar-refractivity contribution in [1.82, 2.24) is 4.57 Å². The number of hydrogen-bond acceptors (Lipinski definition) is 2. The number of benzene rings is 1. The molecule has 0 amide bonds. The molecule has 0 spiro atoms. The summed E-state index contributed by atoms with van der Waals surface area (Å²) < 4.78 is 7.74. The van der Waals surface area contributed by atoms with E-state index in [-0.39, 0.29) is 0 Å². The third kappa shape index (κ3) is 2.53. The van der Waals surface area contributed by atoms with Crippen LogP contribution >= 0.6 is 11.6 Å². The third-order valence-electron chi connectivity index (χ3n) is 3.72. The van der Waals surface area contributed by atoms with Crippen LogP contribution in [0.5, 0.6) is 0 Å². The Hall–Kier alpha value is -1.32. The Morgan fingerprint density at radius 1 is 1.47 bits per heavy atom. The van der Waals surface area contributed by atoms with E-state index in [2.05, 4.69) is 4.57 Å². The van der Waals surface area contributed by atoms with E-state index in [0.29, 0.717) is 11.1 Å². The molecule has 1 aromatic carbocycles. The minimum Gasteiger partial charge on any atom is -0.378 e. The van der Waals surface area contributed by atoms with E-state index in [1.54, 1.807) is 0 Å². The van der Waals surface area contributed by atoms with Crippen molar-refractivity contribution >= 4 is 28.8 Å². The summed E-state index contributed by atoms with van der Waals surface area (Å²) in [6.07, 6.45) is 6.44. The average molecular weight is 278 g/mol. The first-order valence-electron chi connectivity index (χ1n) is 6.63. The molecule has 0 bridgehead atoms. The molecule has 0 aliphatic carbocycles. The summed E-state index contributed by atoms with van der Waals surface area (Å²) in [6, 6.07) is 5.64. The monoisotopic (exact) mass is 277 g/mol. The number of carbonyl (C=O) groups is 1. The number of nitrogens with zero attached hydrogens (tertiary/aromatic N) is 1. The summed E-state index contributed by atoms with van der Waals surface area (Å²) >= 11 is 6.04. The molecule has 0 saturated carbocycles. The fourth-order valence-electron chi connectivity index (χ4n) is 2.73. The number of aromatic nitrogens is 1. The third-order valence-corrected chi connectivity index (χ3v) is 3.95. The van der Waals surface area contributed by atoms with Gasteiger partial charge in [0.1, 0.15) is 0 Å². The van der Waals surface area contributed by atoms with Crippen LogP contribution in [0.15, 0.2) is 24.4 Å². The SMILES string of the molecule is O=Cc1cn(CCC2CCCO2)c2cc(Cl)ccc12. The van der Waals surface area contributed by atoms with E-state index in [0.717, 1.165) is 55.2 Å². The predicted octanol–water partition coefficient (Wildman–Crippen LogP) is 3.68. The van der Waals surface area contributed by atoms with Crippen LogP contribution in [0.4, 0.5) is 0 Å². The van der Waals surface area contributed by atoms with Crippen LogP contribution in [0.2, 0.25) is 5.02 Å². The molecule has 3 nitrogen and oxygen atoms in total. The van der Waals surface area contributed by atoms with Crippen LogP contribution in [-0.2, 0) is 11.3 Å². The van der Waals surface area contributed by atoms with Gasteiger partial charge in [0, 0.05) is 35.3 Å². The van der Waals surface area contributed by atoms with Crippen LogP contribution < -0.4 is 0 Å². The van der Waals surface area contributed by atoms with E-state index in [1.165, 1.54) is 0 Å². The molecule has 0 radical (unpaired) electrons. The highest BCUT2D eigenvalue weighted by atomic mass is 35.5. The Kier molecular flexibility index (Phi) is 3.58. The number of aldehydes is 1. The largest absolute Gasteiger partial charge is 0.378 e. The molecular weight excluding hydrogens is 262 g/mol. The molecule has 1 aromatic heterocycles. The molecule has 4 heteroatoms. The Labute approximate surface area is 117 Å². The van der Waals surface area contributed by atoms with Crippen molar-refractivity contribution in [1.29, 1.82) is 0 Å². The molecule has 1 aliphatic heterocycles. The van der Waals surface area contributed by atoms with Gasteiger partial charge in [0.15, 0.2) is 6.29 Å². The summed E-state index contributed by atoms with van der Waals surface area (Å²) in [6.45, 7) is 1.73. The normalized spacial score (nSPS) is 19.1. The number of rotatable bonds is 4. The van der Waals surface area contributed by atoms with Gasteiger partial charge in [-0.25, -0.2) is 0 Å². The van der Waals surface area contributed by atoms with Gasteiger partial charge in [0.25, 0.3) is 0 Å². The van der Waals surface area contributed by atoms with E-state index in [9.17, 15) is 4.79 Å². The zero-order valence-electron chi connectivity index (χ0n) is 10.6. The minimum absolute atomic E-state index is 0.358. The topological polar surface area (TPSA) is 31.2 Å². The number of hydrogen-bond donors (Lipinski definition) is 0. The van der Waals surface area contributed by atoms with Crippen molar-refractivity contribution < 1.29 is 9.53 Å². The molecule has 2 heterocycles. The molecule has 1 unspecified atom stereocenters. The molecule has 1 atom stereocenters. The number of carbonyl (C=O) groups excluding carboxylic acids is 1. The van der Waals surface area contributed by atoms with E-state index < -0.39 is 0 Å². The molecule has 2 aromatic rings. The van der Waals surface area contributed by atoms with Crippen molar-refractivity contribution in [2.24, 2.45) is 0 Å². The van der Waals surface area contributed by atoms with Crippen LogP contribution in [0, 0.1) is 0 Å². The maximum absolute atomic E-state index is 11.1. The van der Waals surface area contributed by atoms with Crippen LogP contribution in [0.1, 0.15) is 29.6 Å². The van der Waals surface area contributed by atoms with Crippen molar-refractivity contribution in [3.05, 3.63) is 35.0 Å². The van der Waals surface area contributed by atoms with Gasteiger partial charge in [0.05, 0.1) is 11.6 Å². The second kappa shape index (κ2) is 5.35. The molecule has 1 saturated heterocycles. The molecule has 19 heavy (non-hydrogen) atoms. The van der Waals surface area contributed by atoms with Gasteiger partial charge in [-0.1, -0.05) is 17.7 Å². The zero-order chi connectivity index (χ0) is 13.2. The van der Waals surface area contributed by atoms with Gasteiger partial charge >= 0.3 is 0 Å². The van der Waals surface area contributed by atoms with E-state index in [4.69, 9.17) is 16.3 Å². The molecular formula is C15H16ClNO2. The standard InChI is InChI=1S/C15H16ClNO2/c16-12-3-4-14-11(10-18)9-17(15(14)8-12)6-5-13-2-1-7-19-13/h3-4,8-10,13H,1-2,5-7H2. The lowest BCUT2D eigenvalue weighted by Crippen LogP contribution is -2.09. The Morgan fingerprint density at radius 2 is 2.37 bits per heavy atom. The molecule has 3 rings (SSSR count). The lowest BCUT2D eigenvalue weighted by molar-refractivity contribution is 0.101. The fourth-order valence-corrected chi connectivity index (χ4v) is 2.89.